The van der Waals surface area contributed by atoms with Crippen LogP contribution in [0.2, 0.25) is 5.02 Å². The lowest BCUT2D eigenvalue weighted by Crippen LogP contribution is -2.37. The number of sulfonamides is 1. The molecule has 204 valence electrons. The number of morpholine rings is 1. The van der Waals surface area contributed by atoms with Crippen molar-refractivity contribution in [1.29, 1.82) is 0 Å². The highest BCUT2D eigenvalue weighted by molar-refractivity contribution is 7.92. The minimum atomic E-state index is -4.67. The van der Waals surface area contributed by atoms with Gasteiger partial charge in [-0.05, 0) is 72.7 Å². The number of benzene rings is 2. The number of ether oxygens (including phenoxy) is 1. The van der Waals surface area contributed by atoms with E-state index in [9.17, 15) is 26.4 Å². The van der Waals surface area contributed by atoms with Crippen molar-refractivity contribution in [3.05, 3.63) is 73.4 Å². The van der Waals surface area contributed by atoms with Crippen molar-refractivity contribution in [1.82, 2.24) is 0 Å². The lowest BCUT2D eigenvalue weighted by Gasteiger charge is -2.32. The molecule has 2 aromatic carbocycles. The van der Waals surface area contributed by atoms with Gasteiger partial charge in [-0.3, -0.25) is 9.52 Å². The Hall–Kier alpha value is -2.60. The number of rotatable bonds is 7. The number of aryl methyl sites for hydroxylation is 2. The molecular weight excluding hydrogens is 561 g/mol. The van der Waals surface area contributed by atoms with E-state index in [0.717, 1.165) is 58.4 Å². The van der Waals surface area contributed by atoms with Crippen LogP contribution in [0.3, 0.4) is 0 Å². The number of Topliss-reactive ketones (excluding diaryl/α,β-unsaturated/α-hetero) is 1. The van der Waals surface area contributed by atoms with Gasteiger partial charge in [0.25, 0.3) is 10.0 Å². The van der Waals surface area contributed by atoms with Gasteiger partial charge in [0.05, 0.1) is 34.4 Å². The molecule has 1 fully saturated rings. The Morgan fingerprint density at radius 3 is 2.42 bits per heavy atom. The van der Waals surface area contributed by atoms with Crippen LogP contribution < -0.4 is 9.62 Å². The predicted molar refractivity (Wildman–Crippen MR) is 143 cm³/mol. The highest BCUT2D eigenvalue weighted by atomic mass is 35.5. The van der Waals surface area contributed by atoms with Crippen LogP contribution >= 0.6 is 22.9 Å². The van der Waals surface area contributed by atoms with Crippen LogP contribution in [-0.2, 0) is 27.4 Å². The summed E-state index contributed by atoms with van der Waals surface area (Å²) >= 11 is 6.99. The predicted octanol–water partition coefficient (Wildman–Crippen LogP) is 6.41. The Bertz CT molecular complexity index is 1480. The second kappa shape index (κ2) is 10.9. The standard InChI is InChI=1S/C26H26ClF3N2O4S2/c1-15-12-16(2)24(32-7-9-36-10-8-32)17(3)19(15)14-22(33)25-21(6-11-37-25)31-38(34,35)23-5-4-18(13-20(23)27)26(28,29)30/h4-6,11-13,31H,7-10,14H2,1-3H3. The summed E-state index contributed by atoms with van der Waals surface area (Å²) in [5.74, 6) is -0.279. The zero-order valence-electron chi connectivity index (χ0n) is 20.9. The second-order valence-electron chi connectivity index (χ2n) is 9.07. The van der Waals surface area contributed by atoms with E-state index in [0.29, 0.717) is 25.3 Å². The second-order valence-corrected chi connectivity index (χ2v) is 12.0. The van der Waals surface area contributed by atoms with Crippen molar-refractivity contribution in [2.24, 2.45) is 0 Å². The number of ketones is 1. The molecule has 0 aliphatic carbocycles. The Morgan fingerprint density at radius 1 is 1.11 bits per heavy atom. The van der Waals surface area contributed by atoms with Gasteiger partial charge in [-0.25, -0.2) is 8.42 Å². The van der Waals surface area contributed by atoms with Crippen LogP contribution in [0.15, 0.2) is 40.6 Å². The number of hydrogen-bond donors (Lipinski definition) is 1. The Morgan fingerprint density at radius 2 is 1.79 bits per heavy atom. The van der Waals surface area contributed by atoms with E-state index in [2.05, 4.69) is 9.62 Å². The molecule has 4 rings (SSSR count). The molecule has 1 aliphatic rings. The number of hydrogen-bond acceptors (Lipinski definition) is 6. The maximum atomic E-state index is 13.4. The molecule has 6 nitrogen and oxygen atoms in total. The highest BCUT2D eigenvalue weighted by Gasteiger charge is 2.32. The third-order valence-electron chi connectivity index (χ3n) is 6.47. The number of nitrogens with zero attached hydrogens (tertiary/aromatic N) is 1. The number of carbonyl (C=O) groups is 1. The Labute approximate surface area is 228 Å². The SMILES string of the molecule is Cc1cc(C)c(N2CCOCC2)c(C)c1CC(=O)c1sccc1NS(=O)(=O)c1ccc(C(F)(F)F)cc1Cl. The third-order valence-corrected chi connectivity index (χ3v) is 9.27. The largest absolute Gasteiger partial charge is 0.416 e. The van der Waals surface area contributed by atoms with E-state index in [1.165, 1.54) is 6.07 Å². The summed E-state index contributed by atoms with van der Waals surface area (Å²) in [5, 5.41) is 1.00. The molecule has 0 amide bonds. The minimum Gasteiger partial charge on any atom is -0.378 e. The molecule has 0 spiro atoms. The fourth-order valence-corrected chi connectivity index (χ4v) is 7.17. The molecule has 0 saturated carbocycles. The lowest BCUT2D eigenvalue weighted by molar-refractivity contribution is -0.137. The zero-order chi connectivity index (χ0) is 27.8. The van der Waals surface area contributed by atoms with E-state index in [4.69, 9.17) is 16.3 Å². The van der Waals surface area contributed by atoms with E-state index >= 15 is 0 Å². The summed E-state index contributed by atoms with van der Waals surface area (Å²) in [6.45, 7) is 8.72. The number of thiophene rings is 1. The fraction of sp³-hybridized carbons (Fsp3) is 0.346. The number of anilines is 2. The first-order chi connectivity index (χ1) is 17.8. The molecule has 1 N–H and O–H groups in total. The maximum Gasteiger partial charge on any atom is 0.416 e. The smallest absolute Gasteiger partial charge is 0.378 e. The van der Waals surface area contributed by atoms with E-state index in [1.807, 2.05) is 26.8 Å². The summed E-state index contributed by atoms with van der Waals surface area (Å²) in [4.78, 5) is 15.3. The zero-order valence-corrected chi connectivity index (χ0v) is 23.3. The van der Waals surface area contributed by atoms with Crippen LogP contribution in [-0.4, -0.2) is 40.5 Å². The maximum absolute atomic E-state index is 13.4. The van der Waals surface area contributed by atoms with Crippen LogP contribution in [0.1, 0.15) is 37.5 Å². The van der Waals surface area contributed by atoms with Gasteiger partial charge < -0.3 is 9.64 Å². The van der Waals surface area contributed by atoms with E-state index in [-0.39, 0.29) is 22.8 Å². The van der Waals surface area contributed by atoms with Gasteiger partial charge in [-0.1, -0.05) is 17.7 Å². The van der Waals surface area contributed by atoms with Crippen molar-refractivity contribution in [2.75, 3.05) is 35.9 Å². The molecule has 1 saturated heterocycles. The molecule has 0 radical (unpaired) electrons. The molecule has 12 heteroatoms. The molecular formula is C26H26ClF3N2O4S2. The van der Waals surface area contributed by atoms with Gasteiger partial charge in [0, 0.05) is 25.2 Å². The number of carbonyl (C=O) groups excluding carboxylic acids is 1. The van der Waals surface area contributed by atoms with Crippen LogP contribution in [0.4, 0.5) is 24.5 Å². The summed E-state index contributed by atoms with van der Waals surface area (Å²) in [7, 11) is -4.36. The monoisotopic (exact) mass is 586 g/mol. The average molecular weight is 587 g/mol. The fourth-order valence-electron chi connectivity index (χ4n) is 4.70. The van der Waals surface area contributed by atoms with Gasteiger partial charge in [0.15, 0.2) is 5.78 Å². The quantitative estimate of drug-likeness (QED) is 0.324. The molecule has 3 aromatic rings. The third kappa shape index (κ3) is 5.85. The lowest BCUT2D eigenvalue weighted by atomic mass is 9.92. The summed E-state index contributed by atoms with van der Waals surface area (Å²) < 4.78 is 72.6. The molecule has 1 aromatic heterocycles. The minimum absolute atomic E-state index is 0.0479. The number of halogens is 4. The molecule has 38 heavy (non-hydrogen) atoms. The van der Waals surface area contributed by atoms with Crippen molar-refractivity contribution < 1.29 is 31.1 Å². The summed E-state index contributed by atoms with van der Waals surface area (Å²) in [6, 6.07) is 5.50. The van der Waals surface area contributed by atoms with Crippen LogP contribution in [0.25, 0.3) is 0 Å². The van der Waals surface area contributed by atoms with Crippen molar-refractivity contribution >= 4 is 50.1 Å². The van der Waals surface area contributed by atoms with Crippen LogP contribution in [0, 0.1) is 20.8 Å². The van der Waals surface area contributed by atoms with E-state index in [1.54, 1.807) is 5.38 Å². The molecule has 0 bridgehead atoms. The van der Waals surface area contributed by atoms with Gasteiger partial charge >= 0.3 is 6.18 Å². The van der Waals surface area contributed by atoms with Gasteiger partial charge in [-0.15, -0.1) is 11.3 Å². The average Bonchev–Trinajstić information content (AvgIpc) is 3.29. The molecule has 0 unspecified atom stereocenters. The van der Waals surface area contributed by atoms with Gasteiger partial charge in [0.1, 0.15) is 4.90 Å². The topological polar surface area (TPSA) is 75.7 Å². The van der Waals surface area contributed by atoms with Crippen molar-refractivity contribution in [2.45, 2.75) is 38.3 Å². The normalized spacial score (nSPS) is 14.6. The van der Waals surface area contributed by atoms with Crippen molar-refractivity contribution in [3.8, 4) is 0 Å². The van der Waals surface area contributed by atoms with Crippen LogP contribution in [0.5, 0.6) is 0 Å². The van der Waals surface area contributed by atoms with Gasteiger partial charge in [0.2, 0.25) is 0 Å². The Kier molecular flexibility index (Phi) is 8.13. The number of nitrogens with one attached hydrogen (secondary N) is 1. The molecule has 1 aliphatic heterocycles. The van der Waals surface area contributed by atoms with Gasteiger partial charge in [-0.2, -0.15) is 13.2 Å². The molecule has 0 atom stereocenters. The number of alkyl halides is 3. The van der Waals surface area contributed by atoms with Crippen molar-refractivity contribution in [3.63, 3.8) is 0 Å². The first-order valence-corrected chi connectivity index (χ1v) is 14.5. The molecule has 2 heterocycles. The van der Waals surface area contributed by atoms with E-state index < -0.39 is 31.7 Å². The Balaban J connectivity index is 1.60. The summed E-state index contributed by atoms with van der Waals surface area (Å²) in [6.07, 6.45) is -4.61. The summed E-state index contributed by atoms with van der Waals surface area (Å²) in [5.41, 5.74) is 3.99. The first-order valence-electron chi connectivity index (χ1n) is 11.7. The highest BCUT2D eigenvalue weighted by Crippen LogP contribution is 2.36. The first kappa shape index (κ1) is 28.4.